The summed E-state index contributed by atoms with van der Waals surface area (Å²) in [5.74, 6) is 0.235. The van der Waals surface area contributed by atoms with Crippen molar-refractivity contribution in [3.63, 3.8) is 0 Å². The molecule has 0 aliphatic rings. The molecule has 0 saturated carbocycles. The Morgan fingerprint density at radius 3 is 2.53 bits per heavy atom. The van der Waals surface area contributed by atoms with E-state index in [2.05, 4.69) is 0 Å². The van der Waals surface area contributed by atoms with Gasteiger partial charge in [-0.3, -0.25) is 0 Å². The van der Waals surface area contributed by atoms with E-state index in [-0.39, 0.29) is 5.75 Å². The lowest BCUT2D eigenvalue weighted by Crippen LogP contribution is -2.02. The molecule has 2 nitrogen and oxygen atoms in total. The van der Waals surface area contributed by atoms with Gasteiger partial charge in [0, 0.05) is 16.1 Å². The van der Waals surface area contributed by atoms with Gasteiger partial charge < -0.3 is 10.8 Å². The minimum absolute atomic E-state index is 0.235. The third kappa shape index (κ3) is 2.60. The van der Waals surface area contributed by atoms with Gasteiger partial charge in [-0.05, 0) is 36.7 Å². The van der Waals surface area contributed by atoms with Crippen LogP contribution >= 0.6 is 11.6 Å². The van der Waals surface area contributed by atoms with Gasteiger partial charge in [0.25, 0.3) is 0 Å². The second-order valence-electron chi connectivity index (χ2n) is 3.87. The van der Waals surface area contributed by atoms with Gasteiger partial charge in [0.05, 0.1) is 0 Å². The average molecular weight is 248 g/mol. The minimum Gasteiger partial charge on any atom is -0.507 e. The summed E-state index contributed by atoms with van der Waals surface area (Å²) in [5.41, 5.74) is 8.25. The van der Waals surface area contributed by atoms with E-state index in [4.69, 9.17) is 17.3 Å². The Hall–Kier alpha value is -1.51. The summed E-state index contributed by atoms with van der Waals surface area (Å²) in [6.45, 7) is 0.599. The number of nitrogens with two attached hydrogens (primary N) is 1. The van der Waals surface area contributed by atoms with E-state index in [1.807, 2.05) is 30.3 Å². The number of halogens is 1. The zero-order valence-corrected chi connectivity index (χ0v) is 10.1. The molecule has 0 amide bonds. The van der Waals surface area contributed by atoms with Crippen LogP contribution < -0.4 is 5.73 Å². The summed E-state index contributed by atoms with van der Waals surface area (Å²) in [4.78, 5) is 0. The summed E-state index contributed by atoms with van der Waals surface area (Å²) in [6.07, 6.45) is 0.803. The van der Waals surface area contributed by atoms with E-state index >= 15 is 0 Å². The van der Waals surface area contributed by atoms with Crippen LogP contribution in [-0.2, 0) is 6.42 Å². The first kappa shape index (κ1) is 12.0. The Bertz CT molecular complexity index is 525. The second kappa shape index (κ2) is 5.21. The molecule has 0 aliphatic heterocycles. The fraction of sp³-hybridized carbons (Fsp3) is 0.143. The Kier molecular flexibility index (Phi) is 3.67. The predicted octanol–water partition coefficient (Wildman–Crippen LogP) is 3.21. The van der Waals surface area contributed by atoms with Crippen LogP contribution in [0.25, 0.3) is 11.1 Å². The van der Waals surface area contributed by atoms with Crippen LogP contribution in [0.15, 0.2) is 42.5 Å². The van der Waals surface area contributed by atoms with Crippen LogP contribution in [0.4, 0.5) is 0 Å². The quantitative estimate of drug-likeness (QED) is 0.875. The Balaban J connectivity index is 2.51. The first-order valence-corrected chi connectivity index (χ1v) is 5.87. The number of benzene rings is 2. The number of hydrogen-bond acceptors (Lipinski definition) is 2. The SMILES string of the molecule is NCCc1ccc(Cl)c(-c2ccccc2O)c1. The van der Waals surface area contributed by atoms with E-state index in [1.54, 1.807) is 12.1 Å². The normalized spacial score (nSPS) is 10.5. The lowest BCUT2D eigenvalue weighted by Gasteiger charge is -2.09. The predicted molar refractivity (Wildman–Crippen MR) is 71.3 cm³/mol. The first-order chi connectivity index (χ1) is 8.22. The van der Waals surface area contributed by atoms with Gasteiger partial charge in [-0.25, -0.2) is 0 Å². The highest BCUT2D eigenvalue weighted by Crippen LogP contribution is 2.34. The molecule has 0 fully saturated rings. The minimum atomic E-state index is 0.235. The fourth-order valence-corrected chi connectivity index (χ4v) is 2.02. The maximum Gasteiger partial charge on any atom is 0.123 e. The molecule has 17 heavy (non-hydrogen) atoms. The molecular weight excluding hydrogens is 234 g/mol. The highest BCUT2D eigenvalue weighted by atomic mass is 35.5. The topological polar surface area (TPSA) is 46.2 Å². The molecular formula is C14H14ClNO. The maximum absolute atomic E-state index is 9.83. The third-order valence-electron chi connectivity index (χ3n) is 2.66. The van der Waals surface area contributed by atoms with Gasteiger partial charge >= 0.3 is 0 Å². The molecule has 0 saturated heterocycles. The molecule has 2 rings (SSSR count). The molecule has 0 aromatic heterocycles. The van der Waals surface area contributed by atoms with Crippen molar-refractivity contribution in [2.75, 3.05) is 6.54 Å². The van der Waals surface area contributed by atoms with Crippen molar-refractivity contribution in [2.24, 2.45) is 5.73 Å². The Morgan fingerprint density at radius 1 is 1.06 bits per heavy atom. The van der Waals surface area contributed by atoms with Crippen LogP contribution in [0, 0.1) is 0 Å². The van der Waals surface area contributed by atoms with E-state index in [1.165, 1.54) is 0 Å². The standard InChI is InChI=1S/C14H14ClNO/c15-13-6-5-10(7-8-16)9-12(13)11-3-1-2-4-14(11)17/h1-6,9,17H,7-8,16H2. The summed E-state index contributed by atoms with van der Waals surface area (Å²) in [5, 5.41) is 10.5. The molecule has 0 atom stereocenters. The summed E-state index contributed by atoms with van der Waals surface area (Å²) in [7, 11) is 0. The Morgan fingerprint density at radius 2 is 1.82 bits per heavy atom. The molecule has 3 heteroatoms. The third-order valence-corrected chi connectivity index (χ3v) is 2.99. The van der Waals surface area contributed by atoms with Crippen molar-refractivity contribution in [3.8, 4) is 16.9 Å². The lowest BCUT2D eigenvalue weighted by molar-refractivity contribution is 0.477. The maximum atomic E-state index is 9.83. The molecule has 0 radical (unpaired) electrons. The van der Waals surface area contributed by atoms with Crippen molar-refractivity contribution in [3.05, 3.63) is 53.1 Å². The summed E-state index contributed by atoms with van der Waals surface area (Å²) < 4.78 is 0. The number of para-hydroxylation sites is 1. The number of phenols is 1. The first-order valence-electron chi connectivity index (χ1n) is 5.49. The molecule has 0 unspecified atom stereocenters. The fourth-order valence-electron chi connectivity index (χ4n) is 1.80. The van der Waals surface area contributed by atoms with Gasteiger partial charge in [0.1, 0.15) is 5.75 Å². The molecule has 0 aliphatic carbocycles. The van der Waals surface area contributed by atoms with Crippen molar-refractivity contribution in [2.45, 2.75) is 6.42 Å². The molecule has 2 aromatic rings. The largest absolute Gasteiger partial charge is 0.507 e. The second-order valence-corrected chi connectivity index (χ2v) is 4.28. The molecule has 3 N–H and O–H groups in total. The van der Waals surface area contributed by atoms with Gasteiger partial charge in [-0.2, -0.15) is 0 Å². The van der Waals surface area contributed by atoms with E-state index < -0.39 is 0 Å². The van der Waals surface area contributed by atoms with Crippen LogP contribution in [0.2, 0.25) is 5.02 Å². The summed E-state index contributed by atoms with van der Waals surface area (Å²) >= 11 is 6.16. The van der Waals surface area contributed by atoms with E-state index in [0.29, 0.717) is 11.6 Å². The summed E-state index contributed by atoms with van der Waals surface area (Å²) in [6, 6.07) is 12.9. The van der Waals surface area contributed by atoms with E-state index in [9.17, 15) is 5.11 Å². The van der Waals surface area contributed by atoms with Gasteiger partial charge in [-0.1, -0.05) is 35.9 Å². The van der Waals surface area contributed by atoms with Gasteiger partial charge in [0.15, 0.2) is 0 Å². The average Bonchev–Trinajstić information content (AvgIpc) is 2.33. The number of hydrogen-bond donors (Lipinski definition) is 2. The molecule has 88 valence electrons. The monoisotopic (exact) mass is 247 g/mol. The Labute approximate surface area is 106 Å². The number of rotatable bonds is 3. The van der Waals surface area contributed by atoms with Crippen molar-refractivity contribution in [1.82, 2.24) is 0 Å². The highest BCUT2D eigenvalue weighted by molar-refractivity contribution is 6.33. The molecule has 2 aromatic carbocycles. The van der Waals surface area contributed by atoms with E-state index in [0.717, 1.165) is 23.1 Å². The zero-order chi connectivity index (χ0) is 12.3. The highest BCUT2D eigenvalue weighted by Gasteiger charge is 2.08. The molecule has 0 bridgehead atoms. The van der Waals surface area contributed by atoms with Crippen LogP contribution in [0.3, 0.4) is 0 Å². The molecule has 0 spiro atoms. The van der Waals surface area contributed by atoms with Crippen LogP contribution in [-0.4, -0.2) is 11.7 Å². The van der Waals surface area contributed by atoms with Crippen LogP contribution in [0.1, 0.15) is 5.56 Å². The van der Waals surface area contributed by atoms with Crippen molar-refractivity contribution in [1.29, 1.82) is 0 Å². The lowest BCUT2D eigenvalue weighted by atomic mass is 10.0. The zero-order valence-electron chi connectivity index (χ0n) is 9.36. The number of phenolic OH excluding ortho intramolecular Hbond substituents is 1. The van der Waals surface area contributed by atoms with Gasteiger partial charge in [-0.15, -0.1) is 0 Å². The van der Waals surface area contributed by atoms with Crippen molar-refractivity contribution >= 4 is 11.6 Å². The van der Waals surface area contributed by atoms with Crippen molar-refractivity contribution < 1.29 is 5.11 Å². The van der Waals surface area contributed by atoms with Crippen LogP contribution in [0.5, 0.6) is 5.75 Å². The van der Waals surface area contributed by atoms with Gasteiger partial charge in [0.2, 0.25) is 0 Å². The smallest absolute Gasteiger partial charge is 0.123 e. The number of aromatic hydroxyl groups is 1. The molecule has 0 heterocycles.